The molecule has 0 atom stereocenters. The van der Waals surface area contributed by atoms with Gasteiger partial charge in [0.1, 0.15) is 23.2 Å². The van der Waals surface area contributed by atoms with Gasteiger partial charge < -0.3 is 19.4 Å². The Balaban J connectivity index is 1.61. The lowest BCUT2D eigenvalue weighted by Crippen LogP contribution is -2.44. The third kappa shape index (κ3) is 5.28. The van der Waals surface area contributed by atoms with Crippen molar-refractivity contribution in [2.45, 2.75) is 6.54 Å². The molecule has 1 amide bonds. The number of pyridine rings is 1. The lowest BCUT2D eigenvalue weighted by molar-refractivity contribution is 0.0981. The summed E-state index contributed by atoms with van der Waals surface area (Å²) in [4.78, 5) is 24.0. The van der Waals surface area contributed by atoms with Gasteiger partial charge in [-0.2, -0.15) is 0 Å². The third-order valence-corrected chi connectivity index (χ3v) is 5.75. The summed E-state index contributed by atoms with van der Waals surface area (Å²) in [5, 5.41) is 0. The molecular weight excluding hydrogens is 426 g/mol. The van der Waals surface area contributed by atoms with Gasteiger partial charge in [-0.3, -0.25) is 4.79 Å². The molecule has 1 aromatic heterocycles. The summed E-state index contributed by atoms with van der Waals surface area (Å²) in [7, 11) is 3.52. The smallest absolute Gasteiger partial charge is 0.262 e. The molecule has 0 spiro atoms. The predicted octanol–water partition coefficient (Wildman–Crippen LogP) is 3.97. The van der Waals surface area contributed by atoms with Crippen LogP contribution in [-0.4, -0.2) is 56.1 Å². The number of halogens is 2. The number of likely N-dealkylation sites (N-methyl/N-ethyl adjacent to an activating group) is 1. The van der Waals surface area contributed by atoms with Gasteiger partial charge in [0.05, 0.1) is 19.2 Å². The van der Waals surface area contributed by atoms with Gasteiger partial charge in [-0.15, -0.1) is 0 Å². The van der Waals surface area contributed by atoms with Crippen LogP contribution in [0.3, 0.4) is 0 Å². The average Bonchev–Trinajstić information content (AvgIpc) is 2.84. The second kappa shape index (κ2) is 9.95. The standard InChI is InChI=1S/C25H26F2N4O2/c1-29-11-13-30(14-12-29)24-10-3-18(16-28-24)17-31(21-7-4-19(26)5-8-21)25(32)22-15-20(27)6-9-23(22)33-2/h3-10,15-16H,11-14,17H2,1-2H3. The highest BCUT2D eigenvalue weighted by molar-refractivity contribution is 6.07. The van der Waals surface area contributed by atoms with Crippen molar-refractivity contribution in [1.29, 1.82) is 0 Å². The number of aromatic nitrogens is 1. The molecule has 0 radical (unpaired) electrons. The molecule has 0 aliphatic carbocycles. The summed E-state index contributed by atoms with van der Waals surface area (Å²) in [6.07, 6.45) is 1.74. The first-order valence-corrected chi connectivity index (χ1v) is 10.7. The molecule has 2 heterocycles. The second-order valence-corrected chi connectivity index (χ2v) is 8.03. The van der Waals surface area contributed by atoms with Gasteiger partial charge in [-0.05, 0) is 61.1 Å². The number of piperazine rings is 1. The molecule has 33 heavy (non-hydrogen) atoms. The molecule has 1 aliphatic rings. The summed E-state index contributed by atoms with van der Waals surface area (Å²) in [6.45, 7) is 3.95. The third-order valence-electron chi connectivity index (χ3n) is 5.75. The molecule has 1 aliphatic heterocycles. The Morgan fingerprint density at radius 2 is 1.70 bits per heavy atom. The Labute approximate surface area is 192 Å². The highest BCUT2D eigenvalue weighted by Gasteiger charge is 2.23. The van der Waals surface area contributed by atoms with Crippen molar-refractivity contribution in [1.82, 2.24) is 9.88 Å². The number of nitrogens with zero attached hydrogens (tertiary/aromatic N) is 4. The number of hydrogen-bond acceptors (Lipinski definition) is 5. The van der Waals surface area contributed by atoms with Crippen LogP contribution >= 0.6 is 0 Å². The van der Waals surface area contributed by atoms with Crippen LogP contribution in [0.25, 0.3) is 0 Å². The molecule has 8 heteroatoms. The number of amides is 1. The Morgan fingerprint density at radius 1 is 1.00 bits per heavy atom. The highest BCUT2D eigenvalue weighted by atomic mass is 19.1. The van der Waals surface area contributed by atoms with E-state index >= 15 is 0 Å². The summed E-state index contributed by atoms with van der Waals surface area (Å²) < 4.78 is 32.7. The van der Waals surface area contributed by atoms with Crippen molar-refractivity contribution in [3.8, 4) is 5.75 Å². The van der Waals surface area contributed by atoms with Crippen molar-refractivity contribution in [2.75, 3.05) is 50.1 Å². The lowest BCUT2D eigenvalue weighted by atomic mass is 10.1. The molecule has 0 unspecified atom stereocenters. The molecule has 1 fully saturated rings. The molecule has 2 aromatic carbocycles. The van der Waals surface area contributed by atoms with Crippen LogP contribution in [-0.2, 0) is 6.54 Å². The monoisotopic (exact) mass is 452 g/mol. The summed E-state index contributed by atoms with van der Waals surface area (Å²) in [5.74, 6) is -0.263. The quantitative estimate of drug-likeness (QED) is 0.567. The van der Waals surface area contributed by atoms with Crippen LogP contribution in [0.1, 0.15) is 15.9 Å². The fourth-order valence-corrected chi connectivity index (χ4v) is 3.81. The van der Waals surface area contributed by atoms with Crippen molar-refractivity contribution < 1.29 is 18.3 Å². The summed E-state index contributed by atoms with van der Waals surface area (Å²) >= 11 is 0. The van der Waals surface area contributed by atoms with E-state index in [2.05, 4.69) is 21.8 Å². The van der Waals surface area contributed by atoms with E-state index in [-0.39, 0.29) is 17.9 Å². The molecule has 0 N–H and O–H groups in total. The fraction of sp³-hybridized carbons (Fsp3) is 0.280. The fourth-order valence-electron chi connectivity index (χ4n) is 3.81. The number of rotatable bonds is 6. The van der Waals surface area contributed by atoms with Gasteiger partial charge in [0.15, 0.2) is 0 Å². The van der Waals surface area contributed by atoms with E-state index in [0.29, 0.717) is 5.69 Å². The molecular formula is C25H26F2N4O2. The number of benzene rings is 2. The van der Waals surface area contributed by atoms with Gasteiger partial charge in [-0.1, -0.05) is 6.07 Å². The van der Waals surface area contributed by atoms with Crippen LogP contribution in [0, 0.1) is 11.6 Å². The van der Waals surface area contributed by atoms with Crippen LogP contribution < -0.4 is 14.5 Å². The SMILES string of the molecule is COc1ccc(F)cc1C(=O)N(Cc1ccc(N2CCN(C)CC2)nc1)c1ccc(F)cc1. The molecule has 0 bridgehead atoms. The van der Waals surface area contributed by atoms with E-state index in [1.165, 1.54) is 48.4 Å². The second-order valence-electron chi connectivity index (χ2n) is 8.03. The van der Waals surface area contributed by atoms with Crippen LogP contribution in [0.2, 0.25) is 0 Å². The Morgan fingerprint density at radius 3 is 2.33 bits per heavy atom. The van der Waals surface area contributed by atoms with Crippen LogP contribution in [0.15, 0.2) is 60.8 Å². The Kier molecular flexibility index (Phi) is 6.84. The van der Waals surface area contributed by atoms with Gasteiger partial charge in [0.25, 0.3) is 5.91 Å². The Bertz CT molecular complexity index is 1100. The number of carbonyl (C=O) groups excluding carboxylic acids is 1. The van der Waals surface area contributed by atoms with Crippen LogP contribution in [0.5, 0.6) is 5.75 Å². The predicted molar refractivity (Wildman–Crippen MR) is 124 cm³/mol. The zero-order valence-corrected chi connectivity index (χ0v) is 18.7. The largest absolute Gasteiger partial charge is 0.496 e. The van der Waals surface area contributed by atoms with Crippen molar-refractivity contribution in [3.05, 3.63) is 83.6 Å². The van der Waals surface area contributed by atoms with E-state index in [4.69, 9.17) is 4.74 Å². The molecule has 3 aromatic rings. The Hall–Kier alpha value is -3.52. The van der Waals surface area contributed by atoms with E-state index < -0.39 is 17.5 Å². The first kappa shape index (κ1) is 22.7. The minimum absolute atomic E-state index is 0.0869. The first-order chi connectivity index (χ1) is 15.9. The maximum Gasteiger partial charge on any atom is 0.262 e. The van der Waals surface area contributed by atoms with E-state index in [1.807, 2.05) is 12.1 Å². The number of methoxy groups -OCH3 is 1. The molecule has 6 nitrogen and oxygen atoms in total. The van der Waals surface area contributed by atoms with E-state index in [1.54, 1.807) is 6.20 Å². The highest BCUT2D eigenvalue weighted by Crippen LogP contribution is 2.26. The van der Waals surface area contributed by atoms with Gasteiger partial charge in [0.2, 0.25) is 0 Å². The minimum Gasteiger partial charge on any atom is -0.496 e. The molecule has 4 rings (SSSR count). The molecule has 1 saturated heterocycles. The molecule has 172 valence electrons. The zero-order chi connectivity index (χ0) is 23.4. The number of anilines is 2. The topological polar surface area (TPSA) is 48.9 Å². The minimum atomic E-state index is -0.545. The first-order valence-electron chi connectivity index (χ1n) is 10.7. The van der Waals surface area contributed by atoms with E-state index in [9.17, 15) is 13.6 Å². The average molecular weight is 453 g/mol. The summed E-state index contributed by atoms with van der Waals surface area (Å²) in [5.41, 5.74) is 1.36. The van der Waals surface area contributed by atoms with Crippen LogP contribution in [0.4, 0.5) is 20.3 Å². The zero-order valence-electron chi connectivity index (χ0n) is 18.7. The van der Waals surface area contributed by atoms with Gasteiger partial charge >= 0.3 is 0 Å². The van der Waals surface area contributed by atoms with Crippen molar-refractivity contribution in [3.63, 3.8) is 0 Å². The van der Waals surface area contributed by atoms with Crippen molar-refractivity contribution in [2.24, 2.45) is 0 Å². The number of carbonyl (C=O) groups is 1. The van der Waals surface area contributed by atoms with Gasteiger partial charge in [-0.25, -0.2) is 13.8 Å². The number of ether oxygens (including phenoxy) is 1. The van der Waals surface area contributed by atoms with E-state index in [0.717, 1.165) is 43.6 Å². The number of hydrogen-bond donors (Lipinski definition) is 0. The maximum atomic E-state index is 13.9. The van der Waals surface area contributed by atoms with Gasteiger partial charge in [0, 0.05) is 38.1 Å². The summed E-state index contributed by atoms with van der Waals surface area (Å²) in [6, 6.07) is 13.3. The lowest BCUT2D eigenvalue weighted by Gasteiger charge is -2.33. The maximum absolute atomic E-state index is 13.9. The van der Waals surface area contributed by atoms with Crippen molar-refractivity contribution >= 4 is 17.4 Å². The molecule has 0 saturated carbocycles. The normalized spacial score (nSPS) is 14.2.